The molecule has 0 bridgehead atoms. The number of thiophene rings is 1. The van der Waals surface area contributed by atoms with E-state index in [1.54, 1.807) is 22.7 Å². The maximum absolute atomic E-state index is 12.0. The fourth-order valence-corrected chi connectivity index (χ4v) is 6.38. The van der Waals surface area contributed by atoms with Gasteiger partial charge in [-0.05, 0) is 49.9 Å². The molecule has 1 fully saturated rings. The summed E-state index contributed by atoms with van der Waals surface area (Å²) in [5.41, 5.74) is 3.58. The molecule has 5 rings (SSSR count). The van der Waals surface area contributed by atoms with Gasteiger partial charge in [0.2, 0.25) is 0 Å². The van der Waals surface area contributed by atoms with Crippen LogP contribution in [0.2, 0.25) is 0 Å². The fourth-order valence-electron chi connectivity index (χ4n) is 4.22. The van der Waals surface area contributed by atoms with Crippen LogP contribution in [-0.2, 0) is 4.79 Å². The van der Waals surface area contributed by atoms with Crippen molar-refractivity contribution in [2.45, 2.75) is 31.8 Å². The molecule has 5 nitrogen and oxygen atoms in total. The van der Waals surface area contributed by atoms with Crippen LogP contribution in [-0.4, -0.2) is 27.9 Å². The van der Waals surface area contributed by atoms with Gasteiger partial charge in [0.1, 0.15) is 28.8 Å². The second-order valence-electron chi connectivity index (χ2n) is 7.54. The molecule has 1 aliphatic rings. The lowest BCUT2D eigenvalue weighted by Crippen LogP contribution is -2.29. The summed E-state index contributed by atoms with van der Waals surface area (Å²) >= 11 is 6.81. The number of benzene rings is 1. The average molecular weight is 514 g/mol. The Labute approximate surface area is 196 Å². The predicted molar refractivity (Wildman–Crippen MR) is 127 cm³/mol. The summed E-state index contributed by atoms with van der Waals surface area (Å²) in [6.45, 7) is 2.82. The van der Waals surface area contributed by atoms with E-state index in [9.17, 15) is 4.79 Å². The van der Waals surface area contributed by atoms with Gasteiger partial charge >= 0.3 is 0 Å². The van der Waals surface area contributed by atoms with Crippen LogP contribution >= 0.6 is 38.6 Å². The molecule has 3 aromatic heterocycles. The zero-order valence-electron chi connectivity index (χ0n) is 16.8. The Morgan fingerprint density at radius 1 is 1.29 bits per heavy atom. The van der Waals surface area contributed by atoms with Crippen molar-refractivity contribution in [1.29, 1.82) is 0 Å². The Kier molecular flexibility index (Phi) is 5.88. The highest BCUT2D eigenvalue weighted by Crippen LogP contribution is 2.42. The third kappa shape index (κ3) is 3.93. The fraction of sp³-hybridized carbons (Fsp3) is 0.261. The first-order valence-corrected chi connectivity index (χ1v) is 12.6. The minimum atomic E-state index is -0.214. The highest BCUT2D eigenvalue weighted by molar-refractivity contribution is 9.10. The summed E-state index contributed by atoms with van der Waals surface area (Å²) in [7, 11) is 0. The van der Waals surface area contributed by atoms with E-state index in [1.165, 1.54) is 0 Å². The van der Waals surface area contributed by atoms with E-state index in [0.717, 1.165) is 68.3 Å². The molecule has 1 saturated heterocycles. The van der Waals surface area contributed by atoms with E-state index >= 15 is 0 Å². The van der Waals surface area contributed by atoms with E-state index in [-0.39, 0.29) is 12.1 Å². The van der Waals surface area contributed by atoms with Crippen molar-refractivity contribution in [3.05, 3.63) is 67.3 Å². The van der Waals surface area contributed by atoms with Crippen LogP contribution in [0, 0.1) is 6.92 Å². The topological polar surface area (TPSA) is 59.2 Å². The van der Waals surface area contributed by atoms with E-state index in [0.29, 0.717) is 0 Å². The number of aryl methyl sites for hydroxylation is 1. The molecule has 4 heterocycles. The second-order valence-corrected chi connectivity index (χ2v) is 10.3. The van der Waals surface area contributed by atoms with Gasteiger partial charge in [0.15, 0.2) is 0 Å². The van der Waals surface area contributed by atoms with Crippen LogP contribution in [0.15, 0.2) is 56.2 Å². The Morgan fingerprint density at radius 2 is 2.19 bits per heavy atom. The number of rotatable bonds is 6. The molecule has 158 valence electrons. The number of thiazole rings is 1. The van der Waals surface area contributed by atoms with Crippen molar-refractivity contribution >= 4 is 44.9 Å². The van der Waals surface area contributed by atoms with E-state index in [4.69, 9.17) is 9.51 Å². The van der Waals surface area contributed by atoms with E-state index in [2.05, 4.69) is 31.4 Å². The number of aromatic nitrogens is 2. The Morgan fingerprint density at radius 3 is 2.97 bits per heavy atom. The van der Waals surface area contributed by atoms with Gasteiger partial charge in [-0.25, -0.2) is 4.98 Å². The maximum atomic E-state index is 12.0. The SMILES string of the molecule is Cc1onc(-c2cccc(Br)c2)c1-c1csc(C2CCCN2C(C=O)c2cccs2)n1. The van der Waals surface area contributed by atoms with Crippen molar-refractivity contribution in [3.8, 4) is 22.5 Å². The average Bonchev–Trinajstić information content (AvgIpc) is 3.56. The number of hydrogen-bond acceptors (Lipinski definition) is 7. The summed E-state index contributed by atoms with van der Waals surface area (Å²) in [5, 5.41) is 9.45. The van der Waals surface area contributed by atoms with Crippen LogP contribution in [0.1, 0.15) is 40.6 Å². The number of hydrogen-bond donors (Lipinski definition) is 0. The Hall–Kier alpha value is -2.13. The van der Waals surface area contributed by atoms with Gasteiger partial charge in [0.25, 0.3) is 0 Å². The lowest BCUT2D eigenvalue weighted by molar-refractivity contribution is -0.112. The van der Waals surface area contributed by atoms with Gasteiger partial charge in [-0.3, -0.25) is 4.90 Å². The minimum absolute atomic E-state index is 0.144. The number of halogens is 1. The second kappa shape index (κ2) is 8.78. The lowest BCUT2D eigenvalue weighted by Gasteiger charge is -2.27. The molecule has 31 heavy (non-hydrogen) atoms. The van der Waals surface area contributed by atoms with Crippen molar-refractivity contribution in [1.82, 2.24) is 15.0 Å². The number of aldehydes is 1. The van der Waals surface area contributed by atoms with Crippen LogP contribution in [0.5, 0.6) is 0 Å². The molecule has 0 saturated carbocycles. The van der Waals surface area contributed by atoms with Crippen LogP contribution in [0.25, 0.3) is 22.5 Å². The molecular weight excluding hydrogens is 494 g/mol. The number of carbonyl (C=O) groups is 1. The molecule has 0 spiro atoms. The quantitative estimate of drug-likeness (QED) is 0.269. The number of likely N-dealkylation sites (tertiary alicyclic amines) is 1. The van der Waals surface area contributed by atoms with Gasteiger partial charge < -0.3 is 9.32 Å². The van der Waals surface area contributed by atoms with Crippen LogP contribution in [0.4, 0.5) is 0 Å². The van der Waals surface area contributed by atoms with Crippen molar-refractivity contribution in [2.75, 3.05) is 6.54 Å². The molecule has 2 atom stereocenters. The Bertz CT molecular complexity index is 1200. The van der Waals surface area contributed by atoms with Gasteiger partial charge in [0, 0.05) is 20.3 Å². The van der Waals surface area contributed by atoms with Crippen LogP contribution < -0.4 is 0 Å². The largest absolute Gasteiger partial charge is 0.360 e. The number of nitrogens with zero attached hydrogens (tertiary/aromatic N) is 3. The first-order valence-electron chi connectivity index (χ1n) is 10.1. The van der Waals surface area contributed by atoms with Crippen molar-refractivity contribution < 1.29 is 9.32 Å². The lowest BCUT2D eigenvalue weighted by atomic mass is 10.0. The van der Waals surface area contributed by atoms with Crippen molar-refractivity contribution in [2.24, 2.45) is 0 Å². The normalized spacial score (nSPS) is 17.8. The smallest absolute Gasteiger partial charge is 0.143 e. The molecule has 4 aromatic rings. The molecular formula is C23H20BrN3O2S2. The monoisotopic (exact) mass is 513 g/mol. The predicted octanol–water partition coefficient (Wildman–Crippen LogP) is 6.67. The summed E-state index contributed by atoms with van der Waals surface area (Å²) < 4.78 is 6.54. The summed E-state index contributed by atoms with van der Waals surface area (Å²) in [6, 6.07) is 12.0. The van der Waals surface area contributed by atoms with Crippen molar-refractivity contribution in [3.63, 3.8) is 0 Å². The third-order valence-electron chi connectivity index (χ3n) is 5.64. The van der Waals surface area contributed by atoms with E-state index < -0.39 is 0 Å². The van der Waals surface area contributed by atoms with Gasteiger partial charge in [-0.15, -0.1) is 22.7 Å². The standard InChI is InChI=1S/C23H20BrN3O2S2/c1-14-21(22(26-29-14)15-5-2-6-16(24)11-15)17-13-31-23(25-17)18-7-3-9-27(18)19(12-28)20-8-4-10-30-20/h2,4-6,8,10-13,18-19H,3,7,9H2,1H3. The number of carbonyl (C=O) groups excluding carboxylic acids is 1. The molecule has 8 heteroatoms. The van der Waals surface area contributed by atoms with Crippen LogP contribution in [0.3, 0.4) is 0 Å². The summed E-state index contributed by atoms with van der Waals surface area (Å²) in [4.78, 5) is 20.3. The third-order valence-corrected chi connectivity index (χ3v) is 8.02. The summed E-state index contributed by atoms with van der Waals surface area (Å²) in [5.74, 6) is 0.749. The highest BCUT2D eigenvalue weighted by Gasteiger charge is 2.35. The highest BCUT2D eigenvalue weighted by atomic mass is 79.9. The zero-order valence-corrected chi connectivity index (χ0v) is 20.0. The first-order chi connectivity index (χ1) is 15.2. The van der Waals surface area contributed by atoms with Gasteiger partial charge in [0.05, 0.1) is 17.3 Å². The Balaban J connectivity index is 1.48. The van der Waals surface area contributed by atoms with Gasteiger partial charge in [-0.1, -0.05) is 39.3 Å². The molecule has 0 amide bonds. The first kappa shape index (κ1) is 20.8. The molecule has 1 aliphatic heterocycles. The maximum Gasteiger partial charge on any atom is 0.143 e. The molecule has 0 aliphatic carbocycles. The molecule has 0 radical (unpaired) electrons. The minimum Gasteiger partial charge on any atom is -0.360 e. The molecule has 0 N–H and O–H groups in total. The zero-order chi connectivity index (χ0) is 21.4. The summed E-state index contributed by atoms with van der Waals surface area (Å²) in [6.07, 6.45) is 3.13. The molecule has 1 aromatic carbocycles. The van der Waals surface area contributed by atoms with E-state index in [1.807, 2.05) is 48.7 Å². The van der Waals surface area contributed by atoms with Gasteiger partial charge in [-0.2, -0.15) is 0 Å². The molecule has 2 unspecified atom stereocenters.